The van der Waals surface area contributed by atoms with Crippen molar-refractivity contribution in [3.05, 3.63) is 87.3 Å². The van der Waals surface area contributed by atoms with Crippen LogP contribution in [-0.2, 0) is 4.79 Å². The van der Waals surface area contributed by atoms with Crippen LogP contribution >= 0.6 is 39.9 Å². The highest BCUT2D eigenvalue weighted by Crippen LogP contribution is 2.29. The average Bonchev–Trinajstić information content (AvgIpc) is 2.91. The van der Waals surface area contributed by atoms with Crippen LogP contribution in [0.4, 0.5) is 0 Å². The first kappa shape index (κ1) is 18.6. The van der Waals surface area contributed by atoms with Gasteiger partial charge in [-0.15, -0.1) is 0 Å². The lowest BCUT2D eigenvalue weighted by Crippen LogP contribution is -2.44. The van der Waals surface area contributed by atoms with Gasteiger partial charge >= 0.3 is 0 Å². The first-order chi connectivity index (χ1) is 12.5. The van der Waals surface area contributed by atoms with Gasteiger partial charge in [-0.1, -0.05) is 70.2 Å². The number of amides is 2. The van der Waals surface area contributed by atoms with Crippen LogP contribution in [0.2, 0.25) is 0 Å². The fourth-order valence-electron chi connectivity index (χ4n) is 2.16. The van der Waals surface area contributed by atoms with Crippen molar-refractivity contribution in [2.75, 3.05) is 0 Å². The van der Waals surface area contributed by atoms with E-state index in [2.05, 4.69) is 21.4 Å². The maximum Gasteiger partial charge on any atom is 0.285 e. The number of nitrogens with zero attached hydrogens (tertiary/aromatic N) is 1. The molecule has 0 unspecified atom stereocenters. The Morgan fingerprint density at radius 2 is 1.81 bits per heavy atom. The molecule has 7 heteroatoms. The van der Waals surface area contributed by atoms with Crippen LogP contribution in [0.5, 0.6) is 0 Å². The van der Waals surface area contributed by atoms with Crippen LogP contribution in [0.1, 0.15) is 15.9 Å². The van der Waals surface area contributed by atoms with Crippen LogP contribution in [-0.4, -0.2) is 21.1 Å². The lowest BCUT2D eigenvalue weighted by atomic mass is 10.2. The van der Waals surface area contributed by atoms with E-state index in [0.29, 0.717) is 14.8 Å². The summed E-state index contributed by atoms with van der Waals surface area (Å²) >= 11 is 9.68. The fourth-order valence-corrected chi connectivity index (χ4v) is 3.55. The first-order valence-corrected chi connectivity index (χ1v) is 9.62. The molecular weight excluding hydrogens is 432 g/mol. The molecule has 1 heterocycles. The zero-order valence-electron chi connectivity index (χ0n) is 13.4. The van der Waals surface area contributed by atoms with Gasteiger partial charge in [-0.05, 0) is 48.1 Å². The maximum atomic E-state index is 12.5. The van der Waals surface area contributed by atoms with E-state index in [1.165, 1.54) is 0 Å². The Hall–Kier alpha value is -2.22. The number of allylic oxidation sites excluding steroid dienone is 2. The molecule has 1 fully saturated rings. The van der Waals surface area contributed by atoms with Crippen LogP contribution in [0.25, 0.3) is 6.08 Å². The van der Waals surface area contributed by atoms with Crippen LogP contribution in [0, 0.1) is 0 Å². The van der Waals surface area contributed by atoms with E-state index in [1.807, 2.05) is 36.4 Å². The molecule has 1 aliphatic heterocycles. The predicted molar refractivity (Wildman–Crippen MR) is 112 cm³/mol. The van der Waals surface area contributed by atoms with Crippen LogP contribution in [0.3, 0.4) is 0 Å². The Morgan fingerprint density at radius 1 is 1.12 bits per heavy atom. The summed E-state index contributed by atoms with van der Waals surface area (Å²) in [6.07, 6.45) is 5.38. The molecule has 0 aliphatic carbocycles. The molecule has 4 nitrogen and oxygen atoms in total. The molecule has 2 aromatic carbocycles. The van der Waals surface area contributed by atoms with Gasteiger partial charge in [0.25, 0.3) is 11.8 Å². The Balaban J connectivity index is 1.68. The predicted octanol–water partition coefficient (Wildman–Crippen LogP) is 4.55. The van der Waals surface area contributed by atoms with Gasteiger partial charge in [0.15, 0.2) is 4.32 Å². The standard InChI is InChI=1S/C19H13BrN2O2S2/c20-15-11-9-14(10-12-15)17(23)21-22-18(24)16(26-19(22)25)8-4-7-13-5-2-1-3-6-13/h1-12H,(H,21,23). The van der Waals surface area contributed by atoms with Crippen molar-refractivity contribution in [2.45, 2.75) is 0 Å². The minimum absolute atomic E-state index is 0.292. The van der Waals surface area contributed by atoms with Gasteiger partial charge in [-0.2, -0.15) is 5.01 Å². The highest BCUT2D eigenvalue weighted by molar-refractivity contribution is 9.10. The van der Waals surface area contributed by atoms with Crippen molar-refractivity contribution < 1.29 is 9.59 Å². The second-order valence-corrected chi connectivity index (χ2v) is 7.85. The topological polar surface area (TPSA) is 49.4 Å². The Morgan fingerprint density at radius 3 is 2.50 bits per heavy atom. The monoisotopic (exact) mass is 444 g/mol. The average molecular weight is 445 g/mol. The molecule has 2 aromatic rings. The molecule has 1 aliphatic rings. The quantitative estimate of drug-likeness (QED) is 0.554. The number of nitrogens with one attached hydrogen (secondary N) is 1. The van der Waals surface area contributed by atoms with Crippen LogP contribution < -0.4 is 5.43 Å². The van der Waals surface area contributed by atoms with Crippen molar-refractivity contribution in [3.63, 3.8) is 0 Å². The minimum Gasteiger partial charge on any atom is -0.267 e. The summed E-state index contributed by atoms with van der Waals surface area (Å²) in [5.41, 5.74) is 4.03. The van der Waals surface area contributed by atoms with Crippen molar-refractivity contribution in [3.8, 4) is 0 Å². The molecule has 130 valence electrons. The van der Waals surface area contributed by atoms with Crippen molar-refractivity contribution >= 4 is 62.1 Å². The summed E-state index contributed by atoms with van der Waals surface area (Å²) in [5.74, 6) is -0.738. The van der Waals surface area contributed by atoms with E-state index < -0.39 is 5.91 Å². The van der Waals surface area contributed by atoms with Gasteiger partial charge in [0, 0.05) is 10.0 Å². The summed E-state index contributed by atoms with van der Waals surface area (Å²) in [6, 6.07) is 16.6. The number of benzene rings is 2. The molecule has 0 bridgehead atoms. The largest absolute Gasteiger partial charge is 0.285 e. The van der Waals surface area contributed by atoms with Crippen molar-refractivity contribution in [2.24, 2.45) is 0 Å². The second-order valence-electron chi connectivity index (χ2n) is 5.26. The molecule has 1 N–H and O–H groups in total. The number of hydrogen-bond acceptors (Lipinski definition) is 4. The summed E-state index contributed by atoms with van der Waals surface area (Å²) < 4.78 is 1.16. The number of rotatable bonds is 4. The number of thioether (sulfide) groups is 1. The Kier molecular flexibility index (Phi) is 6.03. The lowest BCUT2D eigenvalue weighted by Gasteiger charge is -2.15. The SMILES string of the molecule is O=C(NN1C(=O)C(=CC=Cc2ccccc2)SC1=S)c1ccc(Br)cc1. The summed E-state index contributed by atoms with van der Waals surface area (Å²) in [6.45, 7) is 0. The summed E-state index contributed by atoms with van der Waals surface area (Å²) in [5, 5.41) is 1.10. The molecule has 2 amide bonds. The van der Waals surface area contributed by atoms with Crippen LogP contribution in [0.15, 0.2) is 76.1 Å². The second kappa shape index (κ2) is 8.44. The highest BCUT2D eigenvalue weighted by Gasteiger charge is 2.33. The molecule has 0 aromatic heterocycles. The fraction of sp³-hybridized carbons (Fsp3) is 0. The Bertz CT molecular complexity index is 909. The van der Waals surface area contributed by atoms with Crippen molar-refractivity contribution in [1.29, 1.82) is 0 Å². The molecule has 0 saturated carbocycles. The van der Waals surface area contributed by atoms with E-state index in [-0.39, 0.29) is 5.91 Å². The van der Waals surface area contributed by atoms with E-state index in [9.17, 15) is 9.59 Å². The highest BCUT2D eigenvalue weighted by atomic mass is 79.9. The third kappa shape index (κ3) is 4.49. The molecular formula is C19H13BrN2O2S2. The van der Waals surface area contributed by atoms with Gasteiger partial charge in [0.2, 0.25) is 0 Å². The van der Waals surface area contributed by atoms with E-state index in [4.69, 9.17) is 12.2 Å². The molecule has 1 saturated heterocycles. The number of carbonyl (C=O) groups is 2. The third-order valence-electron chi connectivity index (χ3n) is 3.45. The third-order valence-corrected chi connectivity index (χ3v) is 5.30. The maximum absolute atomic E-state index is 12.5. The molecule has 0 radical (unpaired) electrons. The first-order valence-electron chi connectivity index (χ1n) is 7.61. The molecule has 0 atom stereocenters. The molecule has 0 spiro atoms. The van der Waals surface area contributed by atoms with E-state index in [0.717, 1.165) is 26.8 Å². The zero-order valence-corrected chi connectivity index (χ0v) is 16.6. The summed E-state index contributed by atoms with van der Waals surface area (Å²) in [4.78, 5) is 25.2. The van der Waals surface area contributed by atoms with Gasteiger partial charge in [-0.25, -0.2) is 0 Å². The summed E-state index contributed by atoms with van der Waals surface area (Å²) in [7, 11) is 0. The Labute approximate surface area is 169 Å². The van der Waals surface area contributed by atoms with E-state index >= 15 is 0 Å². The number of carbonyl (C=O) groups excluding carboxylic acids is 2. The number of thiocarbonyl (C=S) groups is 1. The van der Waals surface area contributed by atoms with E-state index in [1.54, 1.807) is 36.4 Å². The number of hydrogen-bond donors (Lipinski definition) is 1. The molecule has 3 rings (SSSR count). The van der Waals surface area contributed by atoms with Gasteiger partial charge in [0.1, 0.15) is 0 Å². The van der Waals surface area contributed by atoms with Gasteiger partial charge < -0.3 is 0 Å². The molecule has 26 heavy (non-hydrogen) atoms. The van der Waals surface area contributed by atoms with Gasteiger partial charge in [-0.3, -0.25) is 15.0 Å². The number of hydrazine groups is 1. The normalized spacial score (nSPS) is 15.9. The van der Waals surface area contributed by atoms with Crippen molar-refractivity contribution in [1.82, 2.24) is 10.4 Å². The smallest absolute Gasteiger partial charge is 0.267 e. The lowest BCUT2D eigenvalue weighted by molar-refractivity contribution is -0.123. The minimum atomic E-state index is -0.394. The van der Waals surface area contributed by atoms with Gasteiger partial charge in [0.05, 0.1) is 4.91 Å². The zero-order chi connectivity index (χ0) is 18.5. The number of halogens is 1.